The molecule has 0 radical (unpaired) electrons. The topological polar surface area (TPSA) is 46.0 Å². The van der Waals surface area contributed by atoms with Gasteiger partial charge in [-0.1, -0.05) is 32.9 Å². The molecule has 0 atom stereocenters. The van der Waals surface area contributed by atoms with Crippen LogP contribution in [0.15, 0.2) is 27.4 Å². The van der Waals surface area contributed by atoms with E-state index >= 15 is 0 Å². The molecular weight excluding hydrogens is 178 g/mol. The van der Waals surface area contributed by atoms with E-state index in [1.165, 1.54) is 0 Å². The molecule has 2 aromatic rings. The van der Waals surface area contributed by atoms with Gasteiger partial charge in [-0.3, -0.25) is 4.98 Å². The normalized spacial score (nSPS) is 9.64. The maximum Gasteiger partial charge on any atom is 0.417 e. The summed E-state index contributed by atoms with van der Waals surface area (Å²) in [5, 5.41) is 0. The van der Waals surface area contributed by atoms with Crippen molar-refractivity contribution in [1.29, 1.82) is 0 Å². The molecule has 2 rings (SSSR count). The van der Waals surface area contributed by atoms with Gasteiger partial charge in [-0.15, -0.1) is 0 Å². The molecule has 0 fully saturated rings. The Morgan fingerprint density at radius 1 is 1.36 bits per heavy atom. The van der Waals surface area contributed by atoms with Crippen LogP contribution in [0.2, 0.25) is 0 Å². The summed E-state index contributed by atoms with van der Waals surface area (Å²) in [7, 11) is 0. The van der Waals surface area contributed by atoms with E-state index in [4.69, 9.17) is 4.42 Å². The number of aromatic nitrogens is 1. The van der Waals surface area contributed by atoms with Crippen molar-refractivity contribution in [3.8, 4) is 0 Å². The van der Waals surface area contributed by atoms with Crippen molar-refractivity contribution in [1.82, 2.24) is 4.98 Å². The lowest BCUT2D eigenvalue weighted by Crippen LogP contribution is -1.94. The molecule has 1 aromatic heterocycles. The van der Waals surface area contributed by atoms with Gasteiger partial charge >= 0.3 is 5.76 Å². The fourth-order valence-electron chi connectivity index (χ4n) is 1.33. The van der Waals surface area contributed by atoms with Crippen LogP contribution in [0.25, 0.3) is 11.1 Å². The molecule has 14 heavy (non-hydrogen) atoms. The number of para-hydroxylation sites is 1. The third-order valence-corrected chi connectivity index (χ3v) is 1.92. The van der Waals surface area contributed by atoms with Gasteiger partial charge in [-0.2, -0.15) is 0 Å². The summed E-state index contributed by atoms with van der Waals surface area (Å²) in [6.07, 6.45) is 0.896. The van der Waals surface area contributed by atoms with E-state index in [9.17, 15) is 4.79 Å². The third-order valence-electron chi connectivity index (χ3n) is 1.92. The summed E-state index contributed by atoms with van der Waals surface area (Å²) < 4.78 is 4.90. The van der Waals surface area contributed by atoms with E-state index in [2.05, 4.69) is 4.98 Å². The van der Waals surface area contributed by atoms with Crippen LogP contribution in [0.1, 0.15) is 26.3 Å². The predicted molar refractivity (Wildman–Crippen MR) is 57.6 cm³/mol. The fraction of sp³-hybridized carbons (Fsp3) is 0.364. The van der Waals surface area contributed by atoms with Gasteiger partial charge in [0.2, 0.25) is 0 Å². The van der Waals surface area contributed by atoms with Crippen LogP contribution in [-0.2, 0) is 6.42 Å². The van der Waals surface area contributed by atoms with Gasteiger partial charge < -0.3 is 4.42 Å². The van der Waals surface area contributed by atoms with Gasteiger partial charge in [-0.25, -0.2) is 4.79 Å². The molecule has 76 valence electrons. The lowest BCUT2D eigenvalue weighted by molar-refractivity contribution is 0.555. The van der Waals surface area contributed by atoms with Crippen LogP contribution >= 0.6 is 0 Å². The zero-order valence-corrected chi connectivity index (χ0v) is 8.76. The number of oxazole rings is 1. The Bertz CT molecular complexity index is 454. The molecular formula is C11H15NO2. The van der Waals surface area contributed by atoms with E-state index in [-0.39, 0.29) is 5.76 Å². The number of hydrogen-bond donors (Lipinski definition) is 1. The smallest absolute Gasteiger partial charge is 0.408 e. The summed E-state index contributed by atoms with van der Waals surface area (Å²) >= 11 is 0. The second-order valence-corrected chi connectivity index (χ2v) is 2.66. The fourth-order valence-corrected chi connectivity index (χ4v) is 1.33. The minimum Gasteiger partial charge on any atom is -0.408 e. The SMILES string of the molecule is CC.CCc1cccc2oc(=O)[nH]c12. The van der Waals surface area contributed by atoms with Gasteiger partial charge in [0.25, 0.3) is 0 Å². The summed E-state index contributed by atoms with van der Waals surface area (Å²) in [5.74, 6) is -0.383. The average Bonchev–Trinajstić information content (AvgIpc) is 2.60. The molecule has 3 heteroatoms. The van der Waals surface area contributed by atoms with E-state index in [1.54, 1.807) is 6.07 Å². The number of benzene rings is 1. The van der Waals surface area contributed by atoms with Crippen LogP contribution in [0.4, 0.5) is 0 Å². The van der Waals surface area contributed by atoms with Gasteiger partial charge in [0.05, 0.1) is 5.52 Å². The lowest BCUT2D eigenvalue weighted by Gasteiger charge is -1.94. The maximum atomic E-state index is 10.8. The summed E-state index contributed by atoms with van der Waals surface area (Å²) in [4.78, 5) is 13.5. The van der Waals surface area contributed by atoms with Gasteiger partial charge in [0.1, 0.15) is 0 Å². The number of hydrogen-bond acceptors (Lipinski definition) is 2. The molecule has 1 N–H and O–H groups in total. The minimum atomic E-state index is -0.383. The van der Waals surface area contributed by atoms with Gasteiger partial charge in [-0.05, 0) is 18.1 Å². The number of aromatic amines is 1. The highest BCUT2D eigenvalue weighted by atomic mass is 16.4. The third kappa shape index (κ3) is 1.87. The molecule has 3 nitrogen and oxygen atoms in total. The predicted octanol–water partition coefficient (Wildman–Crippen LogP) is 2.71. The molecule has 0 aliphatic carbocycles. The Morgan fingerprint density at radius 3 is 2.71 bits per heavy atom. The largest absolute Gasteiger partial charge is 0.417 e. The van der Waals surface area contributed by atoms with Gasteiger partial charge in [0.15, 0.2) is 5.58 Å². The molecule has 0 aliphatic heterocycles. The zero-order chi connectivity index (χ0) is 10.6. The standard InChI is InChI=1S/C9H9NO2.C2H6/c1-2-6-4-3-5-7-8(6)10-9(11)12-7;1-2/h3-5H,2H2,1H3,(H,10,11);1-2H3. The first-order chi connectivity index (χ1) is 6.81. The monoisotopic (exact) mass is 193 g/mol. The van der Waals surface area contributed by atoms with E-state index < -0.39 is 0 Å². The molecule has 1 heterocycles. The van der Waals surface area contributed by atoms with Crippen LogP contribution in [0.3, 0.4) is 0 Å². The first kappa shape index (κ1) is 10.6. The Morgan fingerprint density at radius 2 is 2.07 bits per heavy atom. The second-order valence-electron chi connectivity index (χ2n) is 2.66. The Hall–Kier alpha value is -1.51. The summed E-state index contributed by atoms with van der Waals surface area (Å²) in [6.45, 7) is 6.04. The van der Waals surface area contributed by atoms with E-state index in [0.717, 1.165) is 17.5 Å². The van der Waals surface area contributed by atoms with Crippen molar-refractivity contribution in [3.63, 3.8) is 0 Å². The number of H-pyrrole nitrogens is 1. The average molecular weight is 193 g/mol. The van der Waals surface area contributed by atoms with Crippen molar-refractivity contribution in [2.24, 2.45) is 0 Å². The summed E-state index contributed by atoms with van der Waals surface area (Å²) in [6, 6.07) is 5.65. The lowest BCUT2D eigenvalue weighted by atomic mass is 10.1. The molecule has 0 saturated carbocycles. The molecule has 0 unspecified atom stereocenters. The molecule has 0 saturated heterocycles. The molecule has 0 aliphatic rings. The van der Waals surface area contributed by atoms with E-state index in [0.29, 0.717) is 5.58 Å². The van der Waals surface area contributed by atoms with Crippen molar-refractivity contribution in [2.75, 3.05) is 0 Å². The number of nitrogens with one attached hydrogen (secondary N) is 1. The molecule has 0 bridgehead atoms. The van der Waals surface area contributed by atoms with Crippen LogP contribution < -0.4 is 5.76 Å². The number of rotatable bonds is 1. The van der Waals surface area contributed by atoms with Crippen molar-refractivity contribution in [2.45, 2.75) is 27.2 Å². The Kier molecular flexibility index (Phi) is 3.51. The highest BCUT2D eigenvalue weighted by molar-refractivity contribution is 5.75. The second kappa shape index (κ2) is 4.65. The molecule has 0 amide bonds. The van der Waals surface area contributed by atoms with Crippen molar-refractivity contribution >= 4 is 11.1 Å². The van der Waals surface area contributed by atoms with Crippen molar-refractivity contribution in [3.05, 3.63) is 34.3 Å². The van der Waals surface area contributed by atoms with Gasteiger partial charge in [0, 0.05) is 0 Å². The van der Waals surface area contributed by atoms with Crippen LogP contribution in [-0.4, -0.2) is 4.98 Å². The number of aryl methyl sites for hydroxylation is 1. The first-order valence-corrected chi connectivity index (χ1v) is 4.92. The summed E-state index contributed by atoms with van der Waals surface area (Å²) in [5.41, 5.74) is 2.57. The first-order valence-electron chi connectivity index (χ1n) is 4.92. The quantitative estimate of drug-likeness (QED) is 0.756. The highest BCUT2D eigenvalue weighted by Crippen LogP contribution is 2.14. The van der Waals surface area contributed by atoms with Crippen molar-refractivity contribution < 1.29 is 4.42 Å². The Balaban J connectivity index is 0.000000461. The molecule has 0 spiro atoms. The maximum absolute atomic E-state index is 10.8. The van der Waals surface area contributed by atoms with Crippen LogP contribution in [0.5, 0.6) is 0 Å². The molecule has 1 aromatic carbocycles. The zero-order valence-electron chi connectivity index (χ0n) is 8.76. The Labute approximate surface area is 82.8 Å². The van der Waals surface area contributed by atoms with Crippen LogP contribution in [0, 0.1) is 0 Å². The van der Waals surface area contributed by atoms with E-state index in [1.807, 2.05) is 32.9 Å². The minimum absolute atomic E-state index is 0.383. The number of fused-ring (bicyclic) bond motifs is 1. The highest BCUT2D eigenvalue weighted by Gasteiger charge is 2.03.